The Hall–Kier alpha value is -2.87. The molecule has 0 saturated carbocycles. The van der Waals surface area contributed by atoms with Crippen LogP contribution in [0.5, 0.6) is 0 Å². The third-order valence-corrected chi connectivity index (χ3v) is 7.22. The Kier molecular flexibility index (Phi) is 4.18. The van der Waals surface area contributed by atoms with E-state index in [1.807, 2.05) is 0 Å². The molecule has 3 aromatic rings. The fraction of sp³-hybridized carbons (Fsp3) is 0.0952. The van der Waals surface area contributed by atoms with Gasteiger partial charge in [-0.1, -0.05) is 35.3 Å². The first kappa shape index (κ1) is 19.1. The summed E-state index contributed by atoms with van der Waals surface area (Å²) in [5.41, 5.74) is 1.06. The lowest BCUT2D eigenvalue weighted by molar-refractivity contribution is -0.125. The first-order chi connectivity index (χ1) is 14.3. The van der Waals surface area contributed by atoms with Gasteiger partial charge >= 0.3 is 5.97 Å². The number of amides is 2. The maximum absolute atomic E-state index is 13.2. The molecule has 1 unspecified atom stereocenters. The molecule has 1 spiro atoms. The molecule has 3 N–H and O–H groups in total. The van der Waals surface area contributed by atoms with Crippen LogP contribution in [0.3, 0.4) is 0 Å². The van der Waals surface area contributed by atoms with E-state index in [9.17, 15) is 19.5 Å². The number of benzene rings is 2. The van der Waals surface area contributed by atoms with Crippen molar-refractivity contribution in [1.29, 1.82) is 0 Å². The van der Waals surface area contributed by atoms with Crippen LogP contribution in [0.15, 0.2) is 42.5 Å². The van der Waals surface area contributed by atoms with Gasteiger partial charge in [0.1, 0.15) is 10.3 Å². The molecule has 2 aromatic carbocycles. The molecular formula is C21H12Cl2N2O4S. The van der Waals surface area contributed by atoms with Gasteiger partial charge in [-0.2, -0.15) is 0 Å². The average molecular weight is 459 g/mol. The summed E-state index contributed by atoms with van der Waals surface area (Å²) in [6.45, 7) is 0. The van der Waals surface area contributed by atoms with E-state index >= 15 is 0 Å². The second-order valence-electron chi connectivity index (χ2n) is 7.10. The monoisotopic (exact) mass is 458 g/mol. The molecule has 3 heterocycles. The number of carboxylic acid groups (broad SMARTS) is 1. The number of carbonyl (C=O) groups is 3. The first-order valence-corrected chi connectivity index (χ1v) is 10.5. The maximum atomic E-state index is 13.2. The normalized spacial score (nSPS) is 19.3. The highest BCUT2D eigenvalue weighted by Gasteiger charge is 2.55. The van der Waals surface area contributed by atoms with Gasteiger partial charge in [0.25, 0.3) is 0 Å². The zero-order valence-electron chi connectivity index (χ0n) is 15.1. The Labute approximate surface area is 184 Å². The molecule has 0 saturated heterocycles. The maximum Gasteiger partial charge on any atom is 0.346 e. The number of fused-ring (bicyclic) bond motifs is 4. The van der Waals surface area contributed by atoms with Gasteiger partial charge in [-0.25, -0.2) is 4.79 Å². The molecule has 9 heteroatoms. The van der Waals surface area contributed by atoms with Gasteiger partial charge in [0, 0.05) is 21.3 Å². The molecule has 150 valence electrons. The molecule has 5 rings (SSSR count). The summed E-state index contributed by atoms with van der Waals surface area (Å²) in [5.74, 6) is -1.90. The van der Waals surface area contributed by atoms with E-state index in [-0.39, 0.29) is 23.1 Å². The fourth-order valence-corrected chi connectivity index (χ4v) is 5.74. The lowest BCUT2D eigenvalue weighted by atomic mass is 9.74. The lowest BCUT2D eigenvalue weighted by Gasteiger charge is -2.31. The summed E-state index contributed by atoms with van der Waals surface area (Å²) in [6.07, 6.45) is -0.140. The second-order valence-corrected chi connectivity index (χ2v) is 8.99. The van der Waals surface area contributed by atoms with E-state index in [2.05, 4.69) is 10.6 Å². The minimum Gasteiger partial charge on any atom is -0.477 e. The topological polar surface area (TPSA) is 95.5 Å². The molecule has 1 aromatic heterocycles. The summed E-state index contributed by atoms with van der Waals surface area (Å²) in [6, 6.07) is 11.6. The van der Waals surface area contributed by atoms with E-state index in [0.717, 1.165) is 11.3 Å². The largest absolute Gasteiger partial charge is 0.477 e. The van der Waals surface area contributed by atoms with Crippen molar-refractivity contribution in [2.75, 3.05) is 10.6 Å². The molecule has 0 bridgehead atoms. The Morgan fingerprint density at radius 1 is 1.03 bits per heavy atom. The van der Waals surface area contributed by atoms with Crippen LogP contribution in [0.1, 0.15) is 26.5 Å². The SMILES string of the molecule is O=C1CC2(C(=O)Nc3ccc(Cl)cc32)c2sc(C(=O)O)c(-c3ccc(Cl)cc3)c2N1. The van der Waals surface area contributed by atoms with Crippen LogP contribution in [0.2, 0.25) is 10.0 Å². The summed E-state index contributed by atoms with van der Waals surface area (Å²) in [4.78, 5) is 38.6. The van der Waals surface area contributed by atoms with E-state index in [1.165, 1.54) is 0 Å². The number of carbonyl (C=O) groups excluding carboxylic acids is 2. The fourth-order valence-electron chi connectivity index (χ4n) is 4.13. The Bertz CT molecular complexity index is 1270. The molecule has 0 radical (unpaired) electrons. The highest BCUT2D eigenvalue weighted by Crippen LogP contribution is 2.56. The van der Waals surface area contributed by atoms with Gasteiger partial charge < -0.3 is 15.7 Å². The molecule has 30 heavy (non-hydrogen) atoms. The van der Waals surface area contributed by atoms with Crippen molar-refractivity contribution in [3.8, 4) is 11.1 Å². The Morgan fingerprint density at radius 3 is 2.43 bits per heavy atom. The van der Waals surface area contributed by atoms with Crippen LogP contribution in [0.25, 0.3) is 11.1 Å². The van der Waals surface area contributed by atoms with Gasteiger partial charge in [-0.3, -0.25) is 9.59 Å². The van der Waals surface area contributed by atoms with E-state index < -0.39 is 11.4 Å². The Balaban J connectivity index is 1.85. The van der Waals surface area contributed by atoms with Crippen molar-refractivity contribution in [1.82, 2.24) is 0 Å². The van der Waals surface area contributed by atoms with Gasteiger partial charge in [-0.05, 0) is 41.5 Å². The third kappa shape index (κ3) is 2.59. The van der Waals surface area contributed by atoms with Crippen molar-refractivity contribution in [3.63, 3.8) is 0 Å². The lowest BCUT2D eigenvalue weighted by Crippen LogP contribution is -2.42. The number of rotatable bonds is 2. The number of hydrogen-bond donors (Lipinski definition) is 3. The van der Waals surface area contributed by atoms with Crippen LogP contribution in [-0.4, -0.2) is 22.9 Å². The van der Waals surface area contributed by atoms with Crippen LogP contribution in [-0.2, 0) is 15.0 Å². The predicted molar refractivity (Wildman–Crippen MR) is 116 cm³/mol. The van der Waals surface area contributed by atoms with Crippen molar-refractivity contribution < 1.29 is 19.5 Å². The number of carboxylic acids is 1. The van der Waals surface area contributed by atoms with Crippen LogP contribution in [0.4, 0.5) is 11.4 Å². The number of halogens is 2. The highest BCUT2D eigenvalue weighted by molar-refractivity contribution is 7.15. The quantitative estimate of drug-likeness (QED) is 0.503. The molecule has 6 nitrogen and oxygen atoms in total. The van der Waals surface area contributed by atoms with Crippen LogP contribution >= 0.6 is 34.5 Å². The average Bonchev–Trinajstić information content (AvgIpc) is 3.20. The molecule has 0 aliphatic carbocycles. The summed E-state index contributed by atoms with van der Waals surface area (Å²) in [7, 11) is 0. The smallest absolute Gasteiger partial charge is 0.346 e. The number of aromatic carboxylic acids is 1. The number of thiophene rings is 1. The van der Waals surface area contributed by atoms with E-state index in [4.69, 9.17) is 23.2 Å². The number of hydrogen-bond acceptors (Lipinski definition) is 4. The van der Waals surface area contributed by atoms with E-state index in [0.29, 0.717) is 43.0 Å². The molecule has 2 aliphatic rings. The number of anilines is 2. The van der Waals surface area contributed by atoms with Gasteiger partial charge in [0.2, 0.25) is 11.8 Å². The van der Waals surface area contributed by atoms with E-state index in [1.54, 1.807) is 42.5 Å². The molecular weight excluding hydrogens is 447 g/mol. The summed E-state index contributed by atoms with van der Waals surface area (Å²) < 4.78 is 0. The van der Waals surface area contributed by atoms with Gasteiger partial charge in [0.15, 0.2) is 0 Å². The van der Waals surface area contributed by atoms with Crippen molar-refractivity contribution in [2.24, 2.45) is 0 Å². The van der Waals surface area contributed by atoms with Crippen LogP contribution in [0, 0.1) is 0 Å². The zero-order chi connectivity index (χ0) is 21.2. The minimum absolute atomic E-state index is 0.0344. The summed E-state index contributed by atoms with van der Waals surface area (Å²) >= 11 is 13.2. The van der Waals surface area contributed by atoms with Crippen LogP contribution < -0.4 is 10.6 Å². The number of nitrogens with one attached hydrogen (secondary N) is 2. The third-order valence-electron chi connectivity index (χ3n) is 5.39. The first-order valence-electron chi connectivity index (χ1n) is 8.89. The molecule has 2 aliphatic heterocycles. The zero-order valence-corrected chi connectivity index (χ0v) is 17.4. The van der Waals surface area contributed by atoms with Crippen molar-refractivity contribution in [3.05, 3.63) is 67.8 Å². The van der Waals surface area contributed by atoms with Crippen molar-refractivity contribution >= 4 is 63.7 Å². The molecule has 1 atom stereocenters. The minimum atomic E-state index is -1.34. The standard InChI is InChI=1S/C21H12Cl2N2O4S/c22-10-3-1-9(2-4-10)15-16-18(30-17(15)19(27)28)21(8-14(26)25-16)12-7-11(23)5-6-13(12)24-20(21)29/h1-7H,8H2,(H,24,29)(H,25,26)(H,27,28). The Morgan fingerprint density at radius 2 is 1.73 bits per heavy atom. The summed E-state index contributed by atoms with van der Waals surface area (Å²) in [5, 5.41) is 16.4. The predicted octanol–water partition coefficient (Wildman–Crippen LogP) is 5.00. The second kappa shape index (κ2) is 6.57. The van der Waals surface area contributed by atoms with Gasteiger partial charge in [-0.15, -0.1) is 11.3 Å². The highest BCUT2D eigenvalue weighted by atomic mass is 35.5. The molecule has 2 amide bonds. The van der Waals surface area contributed by atoms with Crippen molar-refractivity contribution in [2.45, 2.75) is 11.8 Å². The molecule has 0 fully saturated rings. The van der Waals surface area contributed by atoms with Gasteiger partial charge in [0.05, 0.1) is 17.0 Å².